The number of benzene rings is 1. The summed E-state index contributed by atoms with van der Waals surface area (Å²) in [4.78, 5) is 0. The molecular weight excluding hydrogens is 217 g/mol. The summed E-state index contributed by atoms with van der Waals surface area (Å²) in [6.07, 6.45) is 4.30. The van der Waals surface area contributed by atoms with Gasteiger partial charge in [0.1, 0.15) is 5.82 Å². The molecule has 94 valence electrons. The molecule has 0 spiro atoms. The number of hydrogen-bond donors (Lipinski definition) is 2. The van der Waals surface area contributed by atoms with Gasteiger partial charge in [0.2, 0.25) is 0 Å². The highest BCUT2D eigenvalue weighted by atomic mass is 19.1. The lowest BCUT2D eigenvalue weighted by molar-refractivity contribution is 0.159. The van der Waals surface area contributed by atoms with Crippen molar-refractivity contribution in [2.24, 2.45) is 0 Å². The fourth-order valence-corrected chi connectivity index (χ4v) is 2.48. The van der Waals surface area contributed by atoms with Gasteiger partial charge in [0, 0.05) is 12.1 Å². The molecule has 1 unspecified atom stereocenters. The summed E-state index contributed by atoms with van der Waals surface area (Å²) in [6.45, 7) is 2.74. The molecule has 0 saturated heterocycles. The summed E-state index contributed by atoms with van der Waals surface area (Å²) in [5, 5.41) is 13.4. The number of halogens is 1. The Kier molecular flexibility index (Phi) is 3.79. The van der Waals surface area contributed by atoms with Crippen LogP contribution >= 0.6 is 0 Å². The Morgan fingerprint density at radius 2 is 1.88 bits per heavy atom. The van der Waals surface area contributed by atoms with Gasteiger partial charge in [-0.15, -0.1) is 0 Å². The molecule has 3 heteroatoms. The maximum atomic E-state index is 12.7. The van der Waals surface area contributed by atoms with Crippen molar-refractivity contribution in [2.45, 2.75) is 44.2 Å². The van der Waals surface area contributed by atoms with Crippen LogP contribution in [0.2, 0.25) is 0 Å². The number of aliphatic hydroxyl groups excluding tert-OH is 1. The summed E-state index contributed by atoms with van der Waals surface area (Å²) in [6, 6.07) is 6.04. The fourth-order valence-electron chi connectivity index (χ4n) is 2.48. The first-order chi connectivity index (χ1) is 8.09. The van der Waals surface area contributed by atoms with E-state index >= 15 is 0 Å². The molecule has 0 heterocycles. The standard InChI is InChI=1S/C14H20FNO/c1-14(8-2-3-9-14)16-10-13(17)11-4-6-12(15)7-5-11/h4-7,13,16-17H,2-3,8-10H2,1H3. The lowest BCUT2D eigenvalue weighted by atomic mass is 10.00. The van der Waals surface area contributed by atoms with Crippen LogP contribution in [-0.4, -0.2) is 17.2 Å². The third kappa shape index (κ3) is 3.27. The van der Waals surface area contributed by atoms with E-state index in [0.717, 1.165) is 5.56 Å². The first kappa shape index (κ1) is 12.5. The Labute approximate surface area is 102 Å². The van der Waals surface area contributed by atoms with Crippen molar-refractivity contribution in [1.82, 2.24) is 5.32 Å². The maximum absolute atomic E-state index is 12.7. The first-order valence-corrected chi connectivity index (χ1v) is 6.28. The van der Waals surface area contributed by atoms with E-state index in [0.29, 0.717) is 6.54 Å². The minimum absolute atomic E-state index is 0.168. The largest absolute Gasteiger partial charge is 0.387 e. The first-order valence-electron chi connectivity index (χ1n) is 6.28. The molecule has 1 atom stereocenters. The van der Waals surface area contributed by atoms with Crippen LogP contribution in [0.5, 0.6) is 0 Å². The predicted molar refractivity (Wildman–Crippen MR) is 66.2 cm³/mol. The van der Waals surface area contributed by atoms with Gasteiger partial charge in [0.05, 0.1) is 6.10 Å². The van der Waals surface area contributed by atoms with E-state index in [4.69, 9.17) is 0 Å². The van der Waals surface area contributed by atoms with Crippen molar-refractivity contribution in [2.75, 3.05) is 6.54 Å². The normalized spacial score (nSPS) is 20.4. The molecule has 2 N–H and O–H groups in total. The summed E-state index contributed by atoms with van der Waals surface area (Å²) >= 11 is 0. The predicted octanol–water partition coefficient (Wildman–Crippen LogP) is 2.78. The van der Waals surface area contributed by atoms with Gasteiger partial charge in [-0.1, -0.05) is 25.0 Å². The number of nitrogens with one attached hydrogen (secondary N) is 1. The van der Waals surface area contributed by atoms with Gasteiger partial charge < -0.3 is 10.4 Å². The second kappa shape index (κ2) is 5.15. The molecule has 1 aliphatic rings. The average molecular weight is 237 g/mol. The summed E-state index contributed by atoms with van der Waals surface area (Å²) in [7, 11) is 0. The van der Waals surface area contributed by atoms with Crippen molar-refractivity contribution < 1.29 is 9.50 Å². The zero-order valence-corrected chi connectivity index (χ0v) is 10.2. The Hall–Kier alpha value is -0.930. The van der Waals surface area contributed by atoms with E-state index in [1.54, 1.807) is 12.1 Å². The molecule has 1 fully saturated rings. The molecule has 1 aliphatic carbocycles. The van der Waals surface area contributed by atoms with Crippen LogP contribution in [0.15, 0.2) is 24.3 Å². The SMILES string of the molecule is CC1(NCC(O)c2ccc(F)cc2)CCCC1. The molecule has 1 aromatic carbocycles. The second-order valence-corrected chi connectivity index (χ2v) is 5.22. The molecule has 2 rings (SSSR count). The molecule has 1 saturated carbocycles. The Morgan fingerprint density at radius 3 is 2.47 bits per heavy atom. The zero-order chi connectivity index (χ0) is 12.3. The molecule has 0 amide bonds. The van der Waals surface area contributed by atoms with Crippen molar-refractivity contribution in [3.8, 4) is 0 Å². The monoisotopic (exact) mass is 237 g/mol. The quantitative estimate of drug-likeness (QED) is 0.844. The minimum atomic E-state index is -0.562. The molecule has 0 bridgehead atoms. The van der Waals surface area contributed by atoms with Crippen LogP contribution < -0.4 is 5.32 Å². The van der Waals surface area contributed by atoms with Crippen molar-refractivity contribution >= 4 is 0 Å². The molecule has 17 heavy (non-hydrogen) atoms. The van der Waals surface area contributed by atoms with E-state index in [9.17, 15) is 9.50 Å². The Bertz CT molecular complexity index is 357. The highest BCUT2D eigenvalue weighted by Gasteiger charge is 2.28. The molecule has 0 aliphatic heterocycles. The van der Waals surface area contributed by atoms with E-state index in [-0.39, 0.29) is 11.4 Å². The Balaban J connectivity index is 1.88. The molecular formula is C14H20FNO. The zero-order valence-electron chi connectivity index (χ0n) is 10.2. The van der Waals surface area contributed by atoms with Gasteiger partial charge in [0.15, 0.2) is 0 Å². The molecule has 0 radical (unpaired) electrons. The minimum Gasteiger partial charge on any atom is -0.387 e. The van der Waals surface area contributed by atoms with E-state index in [1.165, 1.54) is 37.8 Å². The summed E-state index contributed by atoms with van der Waals surface area (Å²) in [5.74, 6) is -0.267. The van der Waals surface area contributed by atoms with Crippen LogP contribution in [0.25, 0.3) is 0 Å². The number of hydrogen-bond acceptors (Lipinski definition) is 2. The molecule has 2 nitrogen and oxygen atoms in total. The second-order valence-electron chi connectivity index (χ2n) is 5.22. The third-order valence-electron chi connectivity index (χ3n) is 3.68. The topological polar surface area (TPSA) is 32.3 Å². The number of aliphatic hydroxyl groups is 1. The van der Waals surface area contributed by atoms with Gasteiger partial charge in [0.25, 0.3) is 0 Å². The smallest absolute Gasteiger partial charge is 0.123 e. The van der Waals surface area contributed by atoms with Crippen molar-refractivity contribution in [1.29, 1.82) is 0 Å². The van der Waals surface area contributed by atoms with Crippen LogP contribution in [0.1, 0.15) is 44.3 Å². The van der Waals surface area contributed by atoms with Crippen LogP contribution in [0.3, 0.4) is 0 Å². The van der Waals surface area contributed by atoms with Crippen LogP contribution in [0.4, 0.5) is 4.39 Å². The van der Waals surface area contributed by atoms with Gasteiger partial charge in [-0.25, -0.2) is 4.39 Å². The van der Waals surface area contributed by atoms with E-state index in [1.807, 2.05) is 0 Å². The third-order valence-corrected chi connectivity index (χ3v) is 3.68. The van der Waals surface area contributed by atoms with Gasteiger partial charge >= 0.3 is 0 Å². The van der Waals surface area contributed by atoms with E-state index < -0.39 is 6.10 Å². The molecule has 0 aromatic heterocycles. The average Bonchev–Trinajstić information content (AvgIpc) is 2.75. The lowest BCUT2D eigenvalue weighted by Gasteiger charge is -2.27. The highest BCUT2D eigenvalue weighted by Crippen LogP contribution is 2.29. The van der Waals surface area contributed by atoms with E-state index in [2.05, 4.69) is 12.2 Å². The lowest BCUT2D eigenvalue weighted by Crippen LogP contribution is -2.41. The summed E-state index contributed by atoms with van der Waals surface area (Å²) in [5.41, 5.74) is 0.932. The van der Waals surface area contributed by atoms with Crippen LogP contribution in [-0.2, 0) is 0 Å². The van der Waals surface area contributed by atoms with Gasteiger partial charge in [-0.05, 0) is 37.5 Å². The van der Waals surface area contributed by atoms with Gasteiger partial charge in [-0.2, -0.15) is 0 Å². The number of rotatable bonds is 4. The van der Waals surface area contributed by atoms with Crippen LogP contribution in [0, 0.1) is 5.82 Å². The highest BCUT2D eigenvalue weighted by molar-refractivity contribution is 5.18. The van der Waals surface area contributed by atoms with Gasteiger partial charge in [-0.3, -0.25) is 0 Å². The summed E-state index contributed by atoms with van der Waals surface area (Å²) < 4.78 is 12.7. The fraction of sp³-hybridized carbons (Fsp3) is 0.571. The number of β-amino-alcohol motifs (C(OH)–C–C–N with tert-alkyl or cyclic N) is 1. The molecule has 1 aromatic rings. The van der Waals surface area contributed by atoms with Crippen molar-refractivity contribution in [3.05, 3.63) is 35.6 Å². The Morgan fingerprint density at radius 1 is 1.29 bits per heavy atom. The van der Waals surface area contributed by atoms with Crippen molar-refractivity contribution in [3.63, 3.8) is 0 Å². The maximum Gasteiger partial charge on any atom is 0.123 e.